The molecule has 0 aromatic carbocycles. The molecule has 0 radical (unpaired) electrons. The van der Waals surface area contributed by atoms with Gasteiger partial charge < -0.3 is 9.88 Å². The molecule has 1 N–H and O–H groups in total. The molecular weight excluding hydrogens is 238 g/mol. The predicted molar refractivity (Wildman–Crippen MR) is 65.8 cm³/mol. The first kappa shape index (κ1) is 11.1. The highest BCUT2D eigenvalue weighted by Gasteiger charge is 2.28. The van der Waals surface area contributed by atoms with Crippen LogP contribution < -0.4 is 5.32 Å². The van der Waals surface area contributed by atoms with Gasteiger partial charge in [0.2, 0.25) is 5.95 Å². The molecule has 1 saturated heterocycles. The van der Waals surface area contributed by atoms with Crippen LogP contribution in [-0.4, -0.2) is 35.5 Å². The molecule has 94 valence electrons. The van der Waals surface area contributed by atoms with Crippen molar-refractivity contribution >= 4 is 15.8 Å². The van der Waals surface area contributed by atoms with Crippen LogP contribution in [0.2, 0.25) is 0 Å². The molecule has 0 bridgehead atoms. The fourth-order valence-corrected chi connectivity index (χ4v) is 4.03. The van der Waals surface area contributed by atoms with Crippen molar-refractivity contribution in [3.8, 4) is 0 Å². The third-order valence-electron chi connectivity index (χ3n) is 3.41. The van der Waals surface area contributed by atoms with Crippen molar-refractivity contribution in [3.63, 3.8) is 0 Å². The maximum absolute atomic E-state index is 11.6. The number of rotatable bonds is 3. The topological polar surface area (TPSA) is 64.0 Å². The summed E-state index contributed by atoms with van der Waals surface area (Å²) >= 11 is 0. The van der Waals surface area contributed by atoms with E-state index in [0.717, 1.165) is 18.8 Å². The zero-order valence-corrected chi connectivity index (χ0v) is 10.5. The highest BCUT2D eigenvalue weighted by Crippen LogP contribution is 2.37. The van der Waals surface area contributed by atoms with Gasteiger partial charge in [-0.3, -0.25) is 0 Å². The number of anilines is 1. The number of imidazole rings is 1. The van der Waals surface area contributed by atoms with Gasteiger partial charge >= 0.3 is 0 Å². The van der Waals surface area contributed by atoms with E-state index in [9.17, 15) is 8.42 Å². The molecular formula is C11H17N3O2S. The smallest absolute Gasteiger partial charge is 0.203 e. The summed E-state index contributed by atoms with van der Waals surface area (Å²) in [6.07, 6.45) is 7.82. The zero-order chi connectivity index (χ0) is 11.9. The van der Waals surface area contributed by atoms with Gasteiger partial charge in [0, 0.05) is 24.5 Å². The predicted octanol–water partition coefficient (Wildman–Crippen LogP) is 1.21. The molecule has 2 aliphatic rings. The normalized spacial score (nSPS) is 27.9. The SMILES string of the molecule is O=S1(=O)CCCC(Nc2nccn2C2CC2)C1. The minimum absolute atomic E-state index is 0.0219. The summed E-state index contributed by atoms with van der Waals surface area (Å²) in [5, 5.41) is 3.28. The summed E-state index contributed by atoms with van der Waals surface area (Å²) in [7, 11) is -2.85. The second-order valence-electron chi connectivity index (χ2n) is 4.99. The maximum atomic E-state index is 11.6. The Kier molecular flexibility index (Phi) is 2.61. The van der Waals surface area contributed by atoms with Crippen LogP contribution in [0.25, 0.3) is 0 Å². The number of nitrogens with one attached hydrogen (secondary N) is 1. The van der Waals surface area contributed by atoms with Gasteiger partial charge in [-0.05, 0) is 25.7 Å². The Morgan fingerprint density at radius 3 is 2.88 bits per heavy atom. The molecule has 1 aromatic rings. The molecule has 1 unspecified atom stereocenters. The molecule has 2 heterocycles. The third-order valence-corrected chi connectivity index (χ3v) is 5.23. The summed E-state index contributed by atoms with van der Waals surface area (Å²) in [4.78, 5) is 4.28. The van der Waals surface area contributed by atoms with Crippen LogP contribution in [0, 0.1) is 0 Å². The number of nitrogens with zero attached hydrogens (tertiary/aromatic N) is 2. The van der Waals surface area contributed by atoms with Crippen molar-refractivity contribution in [2.45, 2.75) is 37.8 Å². The molecule has 3 rings (SSSR count). The van der Waals surface area contributed by atoms with Crippen LogP contribution in [0.1, 0.15) is 31.7 Å². The monoisotopic (exact) mass is 255 g/mol. The molecule has 2 fully saturated rings. The molecule has 1 aliphatic carbocycles. The van der Waals surface area contributed by atoms with Gasteiger partial charge in [-0.15, -0.1) is 0 Å². The second-order valence-corrected chi connectivity index (χ2v) is 7.22. The lowest BCUT2D eigenvalue weighted by molar-refractivity contribution is 0.559. The van der Waals surface area contributed by atoms with Crippen LogP contribution in [-0.2, 0) is 9.84 Å². The minimum Gasteiger partial charge on any atom is -0.352 e. The van der Waals surface area contributed by atoms with Gasteiger partial charge in [0.25, 0.3) is 0 Å². The van der Waals surface area contributed by atoms with E-state index < -0.39 is 9.84 Å². The summed E-state index contributed by atoms with van der Waals surface area (Å²) in [6, 6.07) is 0.592. The Hall–Kier alpha value is -1.04. The van der Waals surface area contributed by atoms with Crippen LogP contribution in [0.15, 0.2) is 12.4 Å². The summed E-state index contributed by atoms with van der Waals surface area (Å²) in [5.41, 5.74) is 0. The van der Waals surface area contributed by atoms with E-state index in [2.05, 4.69) is 14.9 Å². The fourth-order valence-electron chi connectivity index (χ4n) is 2.39. The van der Waals surface area contributed by atoms with Crippen LogP contribution >= 0.6 is 0 Å². The third kappa shape index (κ3) is 2.46. The van der Waals surface area contributed by atoms with Gasteiger partial charge in [-0.2, -0.15) is 0 Å². The Morgan fingerprint density at radius 2 is 2.18 bits per heavy atom. The second kappa shape index (κ2) is 4.01. The van der Waals surface area contributed by atoms with E-state index >= 15 is 0 Å². The number of sulfone groups is 1. The summed E-state index contributed by atoms with van der Waals surface area (Å²) < 4.78 is 25.2. The average molecular weight is 255 g/mol. The highest BCUT2D eigenvalue weighted by atomic mass is 32.2. The van der Waals surface area contributed by atoms with Crippen LogP contribution in [0.5, 0.6) is 0 Å². The summed E-state index contributed by atoms with van der Waals surface area (Å²) in [5.74, 6) is 1.40. The molecule has 5 nitrogen and oxygen atoms in total. The summed E-state index contributed by atoms with van der Waals surface area (Å²) in [6.45, 7) is 0. The van der Waals surface area contributed by atoms with Crippen molar-refractivity contribution in [1.29, 1.82) is 0 Å². The van der Waals surface area contributed by atoms with Crippen molar-refractivity contribution in [3.05, 3.63) is 12.4 Å². The molecule has 1 saturated carbocycles. The molecule has 0 amide bonds. The minimum atomic E-state index is -2.85. The quantitative estimate of drug-likeness (QED) is 0.881. The first-order chi connectivity index (χ1) is 8.14. The van der Waals surface area contributed by atoms with Gasteiger partial charge in [-0.1, -0.05) is 0 Å². The standard InChI is InChI=1S/C11H17N3O2S/c15-17(16)7-1-2-9(8-17)13-11-12-5-6-14(11)10-3-4-10/h5-6,9-10H,1-4,7-8H2,(H,12,13). The van der Waals surface area contributed by atoms with E-state index in [0.29, 0.717) is 11.8 Å². The van der Waals surface area contributed by atoms with Gasteiger partial charge in [0.1, 0.15) is 0 Å². The van der Waals surface area contributed by atoms with Crippen molar-refractivity contribution < 1.29 is 8.42 Å². The highest BCUT2D eigenvalue weighted by molar-refractivity contribution is 7.91. The molecule has 1 aliphatic heterocycles. The maximum Gasteiger partial charge on any atom is 0.203 e. The fraction of sp³-hybridized carbons (Fsp3) is 0.727. The van der Waals surface area contributed by atoms with E-state index in [1.54, 1.807) is 6.20 Å². The van der Waals surface area contributed by atoms with Gasteiger partial charge in [0.15, 0.2) is 9.84 Å². The Balaban J connectivity index is 1.71. The lowest BCUT2D eigenvalue weighted by Crippen LogP contribution is -2.35. The lowest BCUT2D eigenvalue weighted by atomic mass is 10.2. The first-order valence-corrected chi connectivity index (χ1v) is 7.96. The van der Waals surface area contributed by atoms with E-state index in [4.69, 9.17) is 0 Å². The Morgan fingerprint density at radius 1 is 1.35 bits per heavy atom. The largest absolute Gasteiger partial charge is 0.352 e. The van der Waals surface area contributed by atoms with Crippen molar-refractivity contribution in [2.75, 3.05) is 16.8 Å². The van der Waals surface area contributed by atoms with E-state index in [1.807, 2.05) is 6.20 Å². The van der Waals surface area contributed by atoms with Crippen molar-refractivity contribution in [2.24, 2.45) is 0 Å². The van der Waals surface area contributed by atoms with E-state index in [1.165, 1.54) is 12.8 Å². The average Bonchev–Trinajstić information content (AvgIpc) is 2.99. The Bertz CT molecular complexity index is 505. The van der Waals surface area contributed by atoms with Crippen LogP contribution in [0.4, 0.5) is 5.95 Å². The van der Waals surface area contributed by atoms with Gasteiger partial charge in [0.05, 0.1) is 11.5 Å². The number of aromatic nitrogens is 2. The lowest BCUT2D eigenvalue weighted by Gasteiger charge is -2.23. The molecule has 0 spiro atoms. The number of hydrogen-bond acceptors (Lipinski definition) is 4. The number of hydrogen-bond donors (Lipinski definition) is 1. The Labute approximate surface area is 101 Å². The molecule has 1 aromatic heterocycles. The van der Waals surface area contributed by atoms with Crippen LogP contribution in [0.3, 0.4) is 0 Å². The van der Waals surface area contributed by atoms with Crippen molar-refractivity contribution in [1.82, 2.24) is 9.55 Å². The van der Waals surface area contributed by atoms with Gasteiger partial charge in [-0.25, -0.2) is 13.4 Å². The van der Waals surface area contributed by atoms with E-state index in [-0.39, 0.29) is 11.8 Å². The molecule has 1 atom stereocenters. The first-order valence-electron chi connectivity index (χ1n) is 6.14. The zero-order valence-electron chi connectivity index (χ0n) is 9.67. The molecule has 17 heavy (non-hydrogen) atoms. The molecule has 6 heteroatoms.